The fourth-order valence-corrected chi connectivity index (χ4v) is 2.03. The minimum atomic E-state index is 0.333. The van der Waals surface area contributed by atoms with Gasteiger partial charge in [0.1, 0.15) is 0 Å². The summed E-state index contributed by atoms with van der Waals surface area (Å²) in [6.45, 7) is 4.29. The maximum Gasteiger partial charge on any atom is 0.0828 e. The monoisotopic (exact) mass is 190 g/mol. The molecule has 2 unspecified atom stereocenters. The average Bonchev–Trinajstić information content (AvgIpc) is 2.19. The van der Waals surface area contributed by atoms with Crippen LogP contribution in [0.4, 0.5) is 0 Å². The minimum absolute atomic E-state index is 0.333. The van der Waals surface area contributed by atoms with Crippen molar-refractivity contribution in [1.82, 2.24) is 0 Å². The number of hydrogen-bond acceptors (Lipinski definition) is 1. The molecule has 1 aromatic carbocycles. The molecule has 1 saturated heterocycles. The van der Waals surface area contributed by atoms with E-state index in [1.807, 2.05) is 0 Å². The normalized spacial score (nSPS) is 27.6. The van der Waals surface area contributed by atoms with Gasteiger partial charge in [0.15, 0.2) is 0 Å². The molecule has 0 bridgehead atoms. The van der Waals surface area contributed by atoms with Crippen LogP contribution in [0, 0.1) is 6.92 Å². The maximum atomic E-state index is 5.91. The summed E-state index contributed by atoms with van der Waals surface area (Å²) in [5.74, 6) is 0. The molecule has 1 aliphatic heterocycles. The predicted molar refractivity (Wildman–Crippen MR) is 58.3 cm³/mol. The highest BCUT2D eigenvalue weighted by Gasteiger charge is 2.20. The Morgan fingerprint density at radius 2 is 1.86 bits per heavy atom. The second-order valence-corrected chi connectivity index (χ2v) is 4.28. The van der Waals surface area contributed by atoms with Crippen molar-refractivity contribution in [3.05, 3.63) is 35.4 Å². The molecule has 0 aliphatic carbocycles. The molecule has 0 radical (unpaired) electrons. The first-order valence-corrected chi connectivity index (χ1v) is 5.48. The van der Waals surface area contributed by atoms with Crippen molar-refractivity contribution >= 4 is 0 Å². The summed E-state index contributed by atoms with van der Waals surface area (Å²) in [5.41, 5.74) is 2.65. The predicted octanol–water partition coefficient (Wildman–Crippen LogP) is 3.63. The van der Waals surface area contributed by atoms with Crippen molar-refractivity contribution in [1.29, 1.82) is 0 Å². The summed E-state index contributed by atoms with van der Waals surface area (Å²) in [7, 11) is 0. The highest BCUT2D eigenvalue weighted by atomic mass is 16.5. The Morgan fingerprint density at radius 1 is 1.14 bits per heavy atom. The molecule has 1 nitrogen and oxygen atoms in total. The van der Waals surface area contributed by atoms with Crippen LogP contribution in [-0.4, -0.2) is 6.10 Å². The Labute approximate surface area is 86.1 Å². The van der Waals surface area contributed by atoms with E-state index in [0.717, 1.165) is 0 Å². The van der Waals surface area contributed by atoms with E-state index in [2.05, 4.69) is 38.1 Å². The first kappa shape index (κ1) is 9.72. The molecule has 1 heterocycles. The first-order valence-electron chi connectivity index (χ1n) is 5.48. The lowest BCUT2D eigenvalue weighted by atomic mass is 9.98. The van der Waals surface area contributed by atoms with Gasteiger partial charge in [-0.25, -0.2) is 0 Å². The second-order valence-electron chi connectivity index (χ2n) is 4.28. The van der Waals surface area contributed by atoms with Gasteiger partial charge in [-0.1, -0.05) is 29.8 Å². The van der Waals surface area contributed by atoms with Crippen LogP contribution in [0.25, 0.3) is 0 Å². The Hall–Kier alpha value is -0.820. The number of hydrogen-bond donors (Lipinski definition) is 0. The molecule has 2 rings (SSSR count). The molecule has 2 atom stereocenters. The van der Waals surface area contributed by atoms with Crippen molar-refractivity contribution in [2.24, 2.45) is 0 Å². The molecule has 1 heteroatoms. The number of aryl methyl sites for hydroxylation is 1. The second kappa shape index (κ2) is 4.14. The molecule has 0 N–H and O–H groups in total. The average molecular weight is 190 g/mol. The number of rotatable bonds is 1. The Kier molecular flexibility index (Phi) is 2.87. The summed E-state index contributed by atoms with van der Waals surface area (Å²) in [6, 6.07) is 8.71. The van der Waals surface area contributed by atoms with Crippen LogP contribution in [0.5, 0.6) is 0 Å². The standard InChI is InChI=1S/C13H18O/c1-10-6-8-12(9-7-10)13-5-3-4-11(2)14-13/h6-9,11,13H,3-5H2,1-2H3. The zero-order valence-corrected chi connectivity index (χ0v) is 8.99. The smallest absolute Gasteiger partial charge is 0.0828 e. The highest BCUT2D eigenvalue weighted by molar-refractivity contribution is 5.23. The Bertz CT molecular complexity index is 289. The summed E-state index contributed by atoms with van der Waals surface area (Å²) in [4.78, 5) is 0. The van der Waals surface area contributed by atoms with E-state index in [9.17, 15) is 0 Å². The zero-order valence-electron chi connectivity index (χ0n) is 8.99. The largest absolute Gasteiger partial charge is 0.371 e. The molecule has 1 aliphatic rings. The van der Waals surface area contributed by atoms with Gasteiger partial charge in [0.2, 0.25) is 0 Å². The van der Waals surface area contributed by atoms with Gasteiger partial charge in [-0.15, -0.1) is 0 Å². The van der Waals surface area contributed by atoms with Crippen LogP contribution in [0.1, 0.15) is 43.4 Å². The topological polar surface area (TPSA) is 9.23 Å². The zero-order chi connectivity index (χ0) is 9.97. The van der Waals surface area contributed by atoms with Crippen LogP contribution >= 0.6 is 0 Å². The van der Waals surface area contributed by atoms with Gasteiger partial charge in [-0.2, -0.15) is 0 Å². The third-order valence-electron chi connectivity index (χ3n) is 2.92. The van der Waals surface area contributed by atoms with Crippen LogP contribution < -0.4 is 0 Å². The summed E-state index contributed by atoms with van der Waals surface area (Å²) < 4.78 is 5.91. The summed E-state index contributed by atoms with van der Waals surface area (Å²) in [5, 5.41) is 0. The fraction of sp³-hybridized carbons (Fsp3) is 0.538. The maximum absolute atomic E-state index is 5.91. The van der Waals surface area contributed by atoms with Crippen molar-refractivity contribution in [3.63, 3.8) is 0 Å². The molecule has 0 amide bonds. The molecule has 0 aromatic heterocycles. The number of benzene rings is 1. The molecular formula is C13H18O. The van der Waals surface area contributed by atoms with E-state index in [-0.39, 0.29) is 0 Å². The van der Waals surface area contributed by atoms with E-state index in [1.54, 1.807) is 0 Å². The summed E-state index contributed by atoms with van der Waals surface area (Å²) >= 11 is 0. The quantitative estimate of drug-likeness (QED) is 0.657. The molecule has 76 valence electrons. The van der Waals surface area contributed by atoms with Gasteiger partial charge < -0.3 is 4.74 Å². The Balaban J connectivity index is 2.10. The SMILES string of the molecule is Cc1ccc(C2CCCC(C)O2)cc1. The van der Waals surface area contributed by atoms with Gasteiger partial charge in [0.25, 0.3) is 0 Å². The van der Waals surface area contributed by atoms with E-state index in [4.69, 9.17) is 4.74 Å². The third kappa shape index (κ3) is 2.16. The van der Waals surface area contributed by atoms with Gasteiger partial charge in [0.05, 0.1) is 12.2 Å². The molecule has 0 saturated carbocycles. The molecular weight excluding hydrogens is 172 g/mol. The van der Waals surface area contributed by atoms with Crippen LogP contribution in [-0.2, 0) is 4.74 Å². The van der Waals surface area contributed by atoms with Gasteiger partial charge >= 0.3 is 0 Å². The van der Waals surface area contributed by atoms with Crippen LogP contribution in [0.3, 0.4) is 0 Å². The lowest BCUT2D eigenvalue weighted by molar-refractivity contribution is -0.0414. The lowest BCUT2D eigenvalue weighted by Crippen LogP contribution is -2.19. The first-order chi connectivity index (χ1) is 6.75. The van der Waals surface area contributed by atoms with Gasteiger partial charge in [-0.05, 0) is 38.7 Å². The number of ether oxygens (including phenoxy) is 1. The molecule has 1 aromatic rings. The van der Waals surface area contributed by atoms with Crippen molar-refractivity contribution < 1.29 is 4.74 Å². The van der Waals surface area contributed by atoms with E-state index < -0.39 is 0 Å². The van der Waals surface area contributed by atoms with Crippen LogP contribution in [0.2, 0.25) is 0 Å². The van der Waals surface area contributed by atoms with E-state index >= 15 is 0 Å². The van der Waals surface area contributed by atoms with Gasteiger partial charge in [0, 0.05) is 0 Å². The van der Waals surface area contributed by atoms with Crippen molar-refractivity contribution in [3.8, 4) is 0 Å². The third-order valence-corrected chi connectivity index (χ3v) is 2.92. The van der Waals surface area contributed by atoms with Gasteiger partial charge in [-0.3, -0.25) is 0 Å². The molecule has 14 heavy (non-hydrogen) atoms. The van der Waals surface area contributed by atoms with E-state index in [0.29, 0.717) is 12.2 Å². The minimum Gasteiger partial charge on any atom is -0.371 e. The summed E-state index contributed by atoms with van der Waals surface area (Å²) in [6.07, 6.45) is 4.43. The van der Waals surface area contributed by atoms with Crippen molar-refractivity contribution in [2.45, 2.75) is 45.3 Å². The molecule has 0 spiro atoms. The lowest BCUT2D eigenvalue weighted by Gasteiger charge is -2.28. The Morgan fingerprint density at radius 3 is 2.50 bits per heavy atom. The fourth-order valence-electron chi connectivity index (χ4n) is 2.03. The molecule has 1 fully saturated rings. The van der Waals surface area contributed by atoms with Crippen LogP contribution in [0.15, 0.2) is 24.3 Å². The highest BCUT2D eigenvalue weighted by Crippen LogP contribution is 2.30. The van der Waals surface area contributed by atoms with E-state index in [1.165, 1.54) is 30.4 Å². The van der Waals surface area contributed by atoms with Crippen molar-refractivity contribution in [2.75, 3.05) is 0 Å².